The Morgan fingerprint density at radius 1 is 1.44 bits per heavy atom. The molecule has 1 nitrogen and oxygen atoms in total. The molecule has 0 aromatic carbocycles. The van der Waals surface area contributed by atoms with Crippen LogP contribution in [0.3, 0.4) is 0 Å². The lowest BCUT2D eigenvalue weighted by Crippen LogP contribution is -2.28. The van der Waals surface area contributed by atoms with Crippen molar-refractivity contribution in [3.63, 3.8) is 0 Å². The van der Waals surface area contributed by atoms with Gasteiger partial charge in [-0.05, 0) is 55.6 Å². The highest BCUT2D eigenvalue weighted by atomic mass is 32.1. The van der Waals surface area contributed by atoms with E-state index in [4.69, 9.17) is 0 Å². The molecule has 1 N–H and O–H groups in total. The normalized spacial score (nSPS) is 25.8. The highest BCUT2D eigenvalue weighted by Crippen LogP contribution is 2.27. The molecule has 0 radical (unpaired) electrons. The number of hydrogen-bond donors (Lipinski definition) is 1. The minimum atomic E-state index is 0.937. The molecule has 1 heterocycles. The summed E-state index contributed by atoms with van der Waals surface area (Å²) in [5.41, 5.74) is 0. The lowest BCUT2D eigenvalue weighted by atomic mass is 9.82. The van der Waals surface area contributed by atoms with Crippen molar-refractivity contribution >= 4 is 11.3 Å². The van der Waals surface area contributed by atoms with Crippen LogP contribution in [0.1, 0.15) is 37.5 Å². The molecule has 0 aliphatic heterocycles. The molecule has 16 heavy (non-hydrogen) atoms. The largest absolute Gasteiger partial charge is 0.316 e. The van der Waals surface area contributed by atoms with Crippen molar-refractivity contribution in [2.75, 3.05) is 13.1 Å². The molecular formula is C14H23NS. The number of hydrogen-bond acceptors (Lipinski definition) is 2. The summed E-state index contributed by atoms with van der Waals surface area (Å²) in [5.74, 6) is 1.89. The second-order valence-electron chi connectivity index (χ2n) is 5.17. The van der Waals surface area contributed by atoms with Crippen LogP contribution < -0.4 is 5.32 Å². The SMILES string of the molecule is CC1CCCC(CNCCc2cccs2)C1. The molecule has 0 amide bonds. The third-order valence-corrected chi connectivity index (χ3v) is 4.54. The maximum Gasteiger partial charge on any atom is 0.00578 e. The summed E-state index contributed by atoms with van der Waals surface area (Å²) < 4.78 is 0. The molecule has 1 aromatic rings. The van der Waals surface area contributed by atoms with Gasteiger partial charge in [0, 0.05) is 4.88 Å². The van der Waals surface area contributed by atoms with Crippen LogP contribution in [0.4, 0.5) is 0 Å². The first-order valence-electron chi connectivity index (χ1n) is 6.57. The van der Waals surface area contributed by atoms with Gasteiger partial charge in [-0.25, -0.2) is 0 Å². The maximum absolute atomic E-state index is 3.62. The van der Waals surface area contributed by atoms with Crippen LogP contribution in [-0.4, -0.2) is 13.1 Å². The number of rotatable bonds is 5. The summed E-state index contributed by atoms with van der Waals surface area (Å²) in [4.78, 5) is 1.50. The second-order valence-corrected chi connectivity index (χ2v) is 6.20. The molecule has 0 bridgehead atoms. The van der Waals surface area contributed by atoms with Gasteiger partial charge in [0.05, 0.1) is 0 Å². The molecule has 90 valence electrons. The fourth-order valence-electron chi connectivity index (χ4n) is 2.72. The zero-order valence-electron chi connectivity index (χ0n) is 10.2. The zero-order valence-corrected chi connectivity index (χ0v) is 11.1. The molecule has 1 fully saturated rings. The number of nitrogens with one attached hydrogen (secondary N) is 1. The molecule has 2 rings (SSSR count). The Hall–Kier alpha value is -0.340. The second kappa shape index (κ2) is 6.41. The van der Waals surface area contributed by atoms with E-state index < -0.39 is 0 Å². The molecule has 2 atom stereocenters. The van der Waals surface area contributed by atoms with E-state index in [0.717, 1.165) is 18.4 Å². The van der Waals surface area contributed by atoms with E-state index in [1.54, 1.807) is 0 Å². The average Bonchev–Trinajstić information content (AvgIpc) is 2.77. The molecule has 2 heteroatoms. The van der Waals surface area contributed by atoms with E-state index in [9.17, 15) is 0 Å². The van der Waals surface area contributed by atoms with E-state index in [-0.39, 0.29) is 0 Å². The van der Waals surface area contributed by atoms with Gasteiger partial charge in [-0.1, -0.05) is 25.8 Å². The summed E-state index contributed by atoms with van der Waals surface area (Å²) in [5, 5.41) is 5.79. The van der Waals surface area contributed by atoms with Gasteiger partial charge in [0.15, 0.2) is 0 Å². The van der Waals surface area contributed by atoms with Gasteiger partial charge in [-0.3, -0.25) is 0 Å². The van der Waals surface area contributed by atoms with Crippen LogP contribution in [0.15, 0.2) is 17.5 Å². The van der Waals surface area contributed by atoms with Crippen molar-refractivity contribution in [1.82, 2.24) is 5.32 Å². The van der Waals surface area contributed by atoms with Crippen LogP contribution in [-0.2, 0) is 6.42 Å². The van der Waals surface area contributed by atoms with E-state index >= 15 is 0 Å². The Morgan fingerprint density at radius 3 is 3.12 bits per heavy atom. The van der Waals surface area contributed by atoms with Crippen molar-refractivity contribution in [3.05, 3.63) is 22.4 Å². The minimum absolute atomic E-state index is 0.937. The summed E-state index contributed by atoms with van der Waals surface area (Å²) in [6.45, 7) is 4.78. The van der Waals surface area contributed by atoms with Crippen LogP contribution in [0.25, 0.3) is 0 Å². The topological polar surface area (TPSA) is 12.0 Å². The summed E-state index contributed by atoms with van der Waals surface area (Å²) in [6.07, 6.45) is 6.96. The third-order valence-electron chi connectivity index (χ3n) is 3.61. The Kier molecular flexibility index (Phi) is 4.86. The summed E-state index contributed by atoms with van der Waals surface area (Å²) >= 11 is 1.87. The third kappa shape index (κ3) is 3.91. The Morgan fingerprint density at radius 2 is 2.38 bits per heavy atom. The van der Waals surface area contributed by atoms with Gasteiger partial charge in [-0.15, -0.1) is 11.3 Å². The summed E-state index contributed by atoms with van der Waals surface area (Å²) in [7, 11) is 0. The van der Waals surface area contributed by atoms with Crippen molar-refractivity contribution in [3.8, 4) is 0 Å². The molecule has 1 saturated carbocycles. The fourth-order valence-corrected chi connectivity index (χ4v) is 3.43. The van der Waals surface area contributed by atoms with Gasteiger partial charge in [0.1, 0.15) is 0 Å². The van der Waals surface area contributed by atoms with E-state index in [0.29, 0.717) is 0 Å². The predicted molar refractivity (Wildman–Crippen MR) is 72.0 cm³/mol. The van der Waals surface area contributed by atoms with Crippen molar-refractivity contribution in [1.29, 1.82) is 0 Å². The predicted octanol–water partition coefficient (Wildman–Crippen LogP) is 3.71. The lowest BCUT2D eigenvalue weighted by molar-refractivity contribution is 0.275. The van der Waals surface area contributed by atoms with E-state index in [1.807, 2.05) is 11.3 Å². The fraction of sp³-hybridized carbons (Fsp3) is 0.714. The van der Waals surface area contributed by atoms with Crippen molar-refractivity contribution < 1.29 is 0 Å². The highest BCUT2D eigenvalue weighted by molar-refractivity contribution is 7.09. The quantitative estimate of drug-likeness (QED) is 0.770. The van der Waals surface area contributed by atoms with Gasteiger partial charge >= 0.3 is 0 Å². The summed E-state index contributed by atoms with van der Waals surface area (Å²) in [6, 6.07) is 4.37. The Balaban J connectivity index is 1.57. The zero-order chi connectivity index (χ0) is 11.2. The molecule has 1 aliphatic rings. The minimum Gasteiger partial charge on any atom is -0.316 e. The molecule has 1 aliphatic carbocycles. The van der Waals surface area contributed by atoms with E-state index in [2.05, 4.69) is 29.8 Å². The van der Waals surface area contributed by atoms with Crippen LogP contribution >= 0.6 is 11.3 Å². The average molecular weight is 237 g/mol. The van der Waals surface area contributed by atoms with Crippen LogP contribution in [0, 0.1) is 11.8 Å². The van der Waals surface area contributed by atoms with Crippen LogP contribution in [0.5, 0.6) is 0 Å². The van der Waals surface area contributed by atoms with Crippen molar-refractivity contribution in [2.24, 2.45) is 11.8 Å². The molecule has 1 aromatic heterocycles. The van der Waals surface area contributed by atoms with E-state index in [1.165, 1.54) is 43.5 Å². The monoisotopic (exact) mass is 237 g/mol. The lowest BCUT2D eigenvalue weighted by Gasteiger charge is -2.26. The maximum atomic E-state index is 3.62. The Bertz CT molecular complexity index is 281. The first kappa shape index (κ1) is 12.1. The van der Waals surface area contributed by atoms with Gasteiger partial charge in [0.2, 0.25) is 0 Å². The molecule has 0 spiro atoms. The van der Waals surface area contributed by atoms with Crippen molar-refractivity contribution in [2.45, 2.75) is 39.0 Å². The smallest absolute Gasteiger partial charge is 0.00578 e. The number of thiophene rings is 1. The van der Waals surface area contributed by atoms with Gasteiger partial charge < -0.3 is 5.32 Å². The first-order chi connectivity index (χ1) is 7.84. The van der Waals surface area contributed by atoms with Gasteiger partial charge in [0.25, 0.3) is 0 Å². The standard InChI is InChI=1S/C14H23NS/c1-12-4-2-5-13(10-12)11-15-8-7-14-6-3-9-16-14/h3,6,9,12-13,15H,2,4-5,7-8,10-11H2,1H3. The Labute approximate surface area is 103 Å². The molecule has 2 unspecified atom stereocenters. The molecule has 0 saturated heterocycles. The van der Waals surface area contributed by atoms with Crippen LogP contribution in [0.2, 0.25) is 0 Å². The highest BCUT2D eigenvalue weighted by Gasteiger charge is 2.17. The van der Waals surface area contributed by atoms with Gasteiger partial charge in [-0.2, -0.15) is 0 Å². The first-order valence-corrected chi connectivity index (χ1v) is 7.45. The molecular weight excluding hydrogens is 214 g/mol.